The molecule has 0 radical (unpaired) electrons. The Balaban J connectivity index is 1.96. The minimum absolute atomic E-state index is 0.578. The van der Waals surface area contributed by atoms with Crippen LogP contribution in [0.2, 0.25) is 0 Å². The molecular formula is C17H31NO. The summed E-state index contributed by atoms with van der Waals surface area (Å²) >= 11 is 0. The Morgan fingerprint density at radius 1 is 1.16 bits per heavy atom. The Bertz CT molecular complexity index is 273. The summed E-state index contributed by atoms with van der Waals surface area (Å²) in [6.45, 7) is 7.47. The van der Waals surface area contributed by atoms with Crippen LogP contribution in [-0.4, -0.2) is 25.8 Å². The zero-order chi connectivity index (χ0) is 13.5. The van der Waals surface area contributed by atoms with Gasteiger partial charge in [0.05, 0.1) is 6.61 Å². The Labute approximate surface area is 119 Å². The Morgan fingerprint density at radius 2 is 1.95 bits per heavy atom. The quantitative estimate of drug-likeness (QED) is 0.761. The van der Waals surface area contributed by atoms with Crippen LogP contribution in [0.15, 0.2) is 11.6 Å². The summed E-state index contributed by atoms with van der Waals surface area (Å²) in [5.74, 6) is 1.50. The van der Waals surface area contributed by atoms with Crippen LogP contribution in [-0.2, 0) is 4.74 Å². The van der Waals surface area contributed by atoms with Crippen molar-refractivity contribution in [3.8, 4) is 0 Å². The molecule has 110 valence electrons. The third kappa shape index (κ3) is 5.27. The van der Waals surface area contributed by atoms with Crippen molar-refractivity contribution in [3.63, 3.8) is 0 Å². The summed E-state index contributed by atoms with van der Waals surface area (Å²) in [4.78, 5) is 0. The molecule has 2 rings (SSSR count). The molecule has 2 aliphatic rings. The van der Waals surface area contributed by atoms with Gasteiger partial charge in [-0.15, -0.1) is 0 Å². The Kier molecular flexibility index (Phi) is 6.39. The van der Waals surface area contributed by atoms with Gasteiger partial charge in [0.15, 0.2) is 0 Å². The predicted octanol–water partition coefficient (Wildman–Crippen LogP) is 3.92. The molecule has 1 aliphatic carbocycles. The summed E-state index contributed by atoms with van der Waals surface area (Å²) in [5, 5.41) is 3.62. The van der Waals surface area contributed by atoms with Crippen LogP contribution < -0.4 is 5.32 Å². The minimum atomic E-state index is 0.578. The second kappa shape index (κ2) is 8.06. The second-order valence-electron chi connectivity index (χ2n) is 6.59. The molecule has 1 unspecified atom stereocenters. The lowest BCUT2D eigenvalue weighted by Crippen LogP contribution is -2.29. The van der Waals surface area contributed by atoms with Crippen LogP contribution in [0.25, 0.3) is 0 Å². The third-order valence-electron chi connectivity index (χ3n) is 4.49. The maximum Gasteiger partial charge on any atom is 0.0528 e. The normalized spacial score (nSPS) is 26.9. The summed E-state index contributed by atoms with van der Waals surface area (Å²) in [6, 6.07) is 0.578. The summed E-state index contributed by atoms with van der Waals surface area (Å²) < 4.78 is 5.63. The standard InChI is InChI=1S/C17H31NO/c1-14(2)18-12-17(16-8-4-3-5-9-16)11-15-7-6-10-19-13-15/h11,14-16,18H,3-10,12-13H2,1-2H3/b17-11-. The summed E-state index contributed by atoms with van der Waals surface area (Å²) in [5.41, 5.74) is 1.67. The molecule has 0 aromatic heterocycles. The molecule has 2 nitrogen and oxygen atoms in total. The van der Waals surface area contributed by atoms with E-state index >= 15 is 0 Å². The van der Waals surface area contributed by atoms with Gasteiger partial charge < -0.3 is 10.1 Å². The lowest BCUT2D eigenvalue weighted by Gasteiger charge is -2.28. The van der Waals surface area contributed by atoms with Crippen molar-refractivity contribution in [3.05, 3.63) is 11.6 Å². The zero-order valence-electron chi connectivity index (χ0n) is 12.8. The third-order valence-corrected chi connectivity index (χ3v) is 4.49. The van der Waals surface area contributed by atoms with Crippen LogP contribution in [0.5, 0.6) is 0 Å². The molecule has 2 heteroatoms. The maximum atomic E-state index is 5.63. The summed E-state index contributed by atoms with van der Waals surface area (Å²) in [6.07, 6.45) is 12.2. The van der Waals surface area contributed by atoms with Gasteiger partial charge in [0.25, 0.3) is 0 Å². The van der Waals surface area contributed by atoms with E-state index in [9.17, 15) is 0 Å². The maximum absolute atomic E-state index is 5.63. The van der Waals surface area contributed by atoms with Crippen molar-refractivity contribution in [2.45, 2.75) is 64.8 Å². The van der Waals surface area contributed by atoms with Crippen molar-refractivity contribution in [1.82, 2.24) is 5.32 Å². The van der Waals surface area contributed by atoms with Gasteiger partial charge in [-0.05, 0) is 31.6 Å². The van der Waals surface area contributed by atoms with E-state index in [-0.39, 0.29) is 0 Å². The van der Waals surface area contributed by atoms with E-state index in [1.807, 2.05) is 0 Å². The van der Waals surface area contributed by atoms with Gasteiger partial charge in [-0.1, -0.05) is 44.8 Å². The van der Waals surface area contributed by atoms with Crippen LogP contribution in [0, 0.1) is 11.8 Å². The highest BCUT2D eigenvalue weighted by atomic mass is 16.5. The molecule has 1 saturated carbocycles. The van der Waals surface area contributed by atoms with Crippen LogP contribution >= 0.6 is 0 Å². The van der Waals surface area contributed by atoms with E-state index in [1.54, 1.807) is 5.57 Å². The average molecular weight is 265 g/mol. The molecule has 2 fully saturated rings. The van der Waals surface area contributed by atoms with Crippen LogP contribution in [0.3, 0.4) is 0 Å². The molecule has 1 N–H and O–H groups in total. The first kappa shape index (κ1) is 15.1. The van der Waals surface area contributed by atoms with Gasteiger partial charge in [-0.3, -0.25) is 0 Å². The predicted molar refractivity (Wildman–Crippen MR) is 81.3 cm³/mol. The van der Waals surface area contributed by atoms with Crippen LogP contribution in [0.4, 0.5) is 0 Å². The molecule has 19 heavy (non-hydrogen) atoms. The fourth-order valence-corrected chi connectivity index (χ4v) is 3.33. The smallest absolute Gasteiger partial charge is 0.0528 e. The average Bonchev–Trinajstić information content (AvgIpc) is 2.45. The molecule has 1 saturated heterocycles. The van der Waals surface area contributed by atoms with E-state index in [4.69, 9.17) is 4.74 Å². The molecule has 1 atom stereocenters. The van der Waals surface area contributed by atoms with E-state index in [2.05, 4.69) is 25.2 Å². The molecule has 0 bridgehead atoms. The fraction of sp³-hybridized carbons (Fsp3) is 0.882. The van der Waals surface area contributed by atoms with Crippen molar-refractivity contribution in [1.29, 1.82) is 0 Å². The van der Waals surface area contributed by atoms with Gasteiger partial charge in [0, 0.05) is 25.1 Å². The Morgan fingerprint density at radius 3 is 2.58 bits per heavy atom. The largest absolute Gasteiger partial charge is 0.381 e. The number of hydrogen-bond donors (Lipinski definition) is 1. The molecule has 0 aromatic carbocycles. The molecule has 1 aliphatic heterocycles. The van der Waals surface area contributed by atoms with Gasteiger partial charge in [-0.25, -0.2) is 0 Å². The topological polar surface area (TPSA) is 21.3 Å². The van der Waals surface area contributed by atoms with E-state index in [1.165, 1.54) is 44.9 Å². The van der Waals surface area contributed by atoms with Gasteiger partial charge in [-0.2, -0.15) is 0 Å². The van der Waals surface area contributed by atoms with Crippen molar-refractivity contribution in [2.75, 3.05) is 19.8 Å². The van der Waals surface area contributed by atoms with Crippen molar-refractivity contribution < 1.29 is 4.74 Å². The SMILES string of the molecule is CC(C)NC/C(=C/C1CCCOC1)C1CCCCC1. The molecule has 0 spiro atoms. The Hall–Kier alpha value is -0.340. The first-order valence-corrected chi connectivity index (χ1v) is 8.27. The number of hydrogen-bond acceptors (Lipinski definition) is 2. The van der Waals surface area contributed by atoms with Gasteiger partial charge >= 0.3 is 0 Å². The minimum Gasteiger partial charge on any atom is -0.381 e. The van der Waals surface area contributed by atoms with Gasteiger partial charge in [0.2, 0.25) is 0 Å². The first-order valence-electron chi connectivity index (χ1n) is 8.27. The van der Waals surface area contributed by atoms with Gasteiger partial charge in [0.1, 0.15) is 0 Å². The van der Waals surface area contributed by atoms with Crippen LogP contribution in [0.1, 0.15) is 58.8 Å². The number of nitrogens with one attached hydrogen (secondary N) is 1. The first-order chi connectivity index (χ1) is 9.25. The van der Waals surface area contributed by atoms with Crippen molar-refractivity contribution in [2.24, 2.45) is 11.8 Å². The molecule has 0 aromatic rings. The lowest BCUT2D eigenvalue weighted by atomic mass is 9.82. The number of rotatable bonds is 5. The van der Waals surface area contributed by atoms with E-state index < -0.39 is 0 Å². The lowest BCUT2D eigenvalue weighted by molar-refractivity contribution is 0.0704. The fourth-order valence-electron chi connectivity index (χ4n) is 3.33. The second-order valence-corrected chi connectivity index (χ2v) is 6.59. The van der Waals surface area contributed by atoms with Crippen molar-refractivity contribution >= 4 is 0 Å². The molecule has 0 amide bonds. The highest BCUT2D eigenvalue weighted by Crippen LogP contribution is 2.31. The number of ether oxygens (including phenoxy) is 1. The highest BCUT2D eigenvalue weighted by molar-refractivity contribution is 5.12. The highest BCUT2D eigenvalue weighted by Gasteiger charge is 2.20. The van der Waals surface area contributed by atoms with E-state index in [0.717, 1.165) is 25.7 Å². The summed E-state index contributed by atoms with van der Waals surface area (Å²) in [7, 11) is 0. The van der Waals surface area contributed by atoms with E-state index in [0.29, 0.717) is 12.0 Å². The molecular weight excluding hydrogens is 234 g/mol. The molecule has 1 heterocycles. The monoisotopic (exact) mass is 265 g/mol. The zero-order valence-corrected chi connectivity index (χ0v) is 12.8.